The van der Waals surface area contributed by atoms with E-state index in [1.54, 1.807) is 0 Å². The molecule has 1 heterocycles. The standard InChI is InChI=1S/C17H26N2O2/c1-3-21-15-9-7-14(8-10-15)12-17(20)19-11-5-4-6-16(19)13(2)18/h7-10,13,16H,3-6,11-12,18H2,1-2H3. The summed E-state index contributed by atoms with van der Waals surface area (Å²) >= 11 is 0. The Morgan fingerprint density at radius 2 is 2.10 bits per heavy atom. The summed E-state index contributed by atoms with van der Waals surface area (Å²) in [7, 11) is 0. The van der Waals surface area contributed by atoms with Gasteiger partial charge in [-0.1, -0.05) is 12.1 Å². The Kier molecular flexibility index (Phi) is 5.62. The summed E-state index contributed by atoms with van der Waals surface area (Å²) in [6.45, 7) is 5.44. The molecule has 4 nitrogen and oxygen atoms in total. The zero-order valence-corrected chi connectivity index (χ0v) is 13.0. The number of benzene rings is 1. The van der Waals surface area contributed by atoms with Gasteiger partial charge < -0.3 is 15.4 Å². The van der Waals surface area contributed by atoms with Crippen molar-refractivity contribution in [3.63, 3.8) is 0 Å². The van der Waals surface area contributed by atoms with E-state index < -0.39 is 0 Å². The molecule has 0 radical (unpaired) electrons. The van der Waals surface area contributed by atoms with Crippen molar-refractivity contribution in [1.29, 1.82) is 0 Å². The number of likely N-dealkylation sites (tertiary alicyclic amines) is 1. The monoisotopic (exact) mass is 290 g/mol. The second-order valence-corrected chi connectivity index (χ2v) is 5.76. The quantitative estimate of drug-likeness (QED) is 0.905. The van der Waals surface area contributed by atoms with Gasteiger partial charge in [-0.3, -0.25) is 4.79 Å². The maximum absolute atomic E-state index is 12.5. The van der Waals surface area contributed by atoms with Gasteiger partial charge in [0, 0.05) is 18.6 Å². The van der Waals surface area contributed by atoms with Gasteiger partial charge in [0.1, 0.15) is 5.75 Å². The third-order valence-corrected chi connectivity index (χ3v) is 4.07. The summed E-state index contributed by atoms with van der Waals surface area (Å²) in [4.78, 5) is 14.5. The molecule has 21 heavy (non-hydrogen) atoms. The molecule has 0 saturated carbocycles. The van der Waals surface area contributed by atoms with Crippen LogP contribution in [0.25, 0.3) is 0 Å². The van der Waals surface area contributed by atoms with Gasteiger partial charge in [0.25, 0.3) is 0 Å². The molecule has 4 heteroatoms. The Bertz CT molecular complexity index is 456. The van der Waals surface area contributed by atoms with Crippen LogP contribution in [0.1, 0.15) is 38.7 Å². The van der Waals surface area contributed by atoms with Crippen LogP contribution in [0.4, 0.5) is 0 Å². The second-order valence-electron chi connectivity index (χ2n) is 5.76. The van der Waals surface area contributed by atoms with Crippen LogP contribution in [0.3, 0.4) is 0 Å². The molecule has 2 atom stereocenters. The van der Waals surface area contributed by atoms with Gasteiger partial charge in [-0.15, -0.1) is 0 Å². The van der Waals surface area contributed by atoms with Crippen LogP contribution < -0.4 is 10.5 Å². The van der Waals surface area contributed by atoms with Crippen molar-refractivity contribution in [1.82, 2.24) is 4.90 Å². The van der Waals surface area contributed by atoms with E-state index in [4.69, 9.17) is 10.5 Å². The van der Waals surface area contributed by atoms with Crippen molar-refractivity contribution < 1.29 is 9.53 Å². The summed E-state index contributed by atoms with van der Waals surface area (Å²) in [5.74, 6) is 1.03. The maximum Gasteiger partial charge on any atom is 0.227 e. The summed E-state index contributed by atoms with van der Waals surface area (Å²) in [6.07, 6.45) is 3.71. The van der Waals surface area contributed by atoms with E-state index >= 15 is 0 Å². The molecule has 0 aromatic heterocycles. The van der Waals surface area contributed by atoms with Gasteiger partial charge in [-0.25, -0.2) is 0 Å². The van der Waals surface area contributed by atoms with Crippen molar-refractivity contribution in [2.45, 2.75) is 51.6 Å². The number of nitrogens with two attached hydrogens (primary N) is 1. The molecule has 116 valence electrons. The maximum atomic E-state index is 12.5. The lowest BCUT2D eigenvalue weighted by molar-refractivity contribution is -0.134. The van der Waals surface area contributed by atoms with E-state index in [9.17, 15) is 4.79 Å². The smallest absolute Gasteiger partial charge is 0.227 e. The largest absolute Gasteiger partial charge is 0.494 e. The third-order valence-electron chi connectivity index (χ3n) is 4.07. The first-order valence-electron chi connectivity index (χ1n) is 7.88. The molecule has 1 aromatic carbocycles. The normalized spacial score (nSPS) is 20.1. The molecule has 2 N–H and O–H groups in total. The number of carbonyl (C=O) groups excluding carboxylic acids is 1. The van der Waals surface area contributed by atoms with Crippen molar-refractivity contribution >= 4 is 5.91 Å². The fraction of sp³-hybridized carbons (Fsp3) is 0.588. The second kappa shape index (κ2) is 7.46. The molecule has 1 saturated heterocycles. The van der Waals surface area contributed by atoms with Crippen LogP contribution in [-0.2, 0) is 11.2 Å². The molecule has 0 aliphatic carbocycles. The third kappa shape index (κ3) is 4.21. The van der Waals surface area contributed by atoms with E-state index in [0.717, 1.165) is 30.7 Å². The first kappa shape index (κ1) is 15.8. The average Bonchev–Trinajstić information content (AvgIpc) is 2.49. The lowest BCUT2D eigenvalue weighted by atomic mass is 9.96. The number of amides is 1. The minimum Gasteiger partial charge on any atom is -0.494 e. The highest BCUT2D eigenvalue weighted by Gasteiger charge is 2.28. The highest BCUT2D eigenvalue weighted by atomic mass is 16.5. The van der Waals surface area contributed by atoms with Gasteiger partial charge >= 0.3 is 0 Å². The highest BCUT2D eigenvalue weighted by Crippen LogP contribution is 2.21. The first-order chi connectivity index (χ1) is 10.1. The number of hydrogen-bond donors (Lipinski definition) is 1. The van der Waals surface area contributed by atoms with Gasteiger partial charge in [-0.05, 0) is 50.8 Å². The molecule has 1 aliphatic heterocycles. The Balaban J connectivity index is 1.99. The number of carbonyl (C=O) groups is 1. The molecule has 1 aliphatic rings. The lowest BCUT2D eigenvalue weighted by Gasteiger charge is -2.38. The molecule has 0 bridgehead atoms. The molecule has 1 aromatic rings. The minimum absolute atomic E-state index is 0.0366. The van der Waals surface area contributed by atoms with E-state index in [0.29, 0.717) is 13.0 Å². The van der Waals surface area contributed by atoms with E-state index in [1.807, 2.05) is 43.0 Å². The molecule has 0 spiro atoms. The summed E-state index contributed by atoms with van der Waals surface area (Å²) < 4.78 is 5.42. The minimum atomic E-state index is 0.0366. The summed E-state index contributed by atoms with van der Waals surface area (Å²) in [5, 5.41) is 0. The van der Waals surface area contributed by atoms with Crippen LogP contribution in [0.15, 0.2) is 24.3 Å². The lowest BCUT2D eigenvalue weighted by Crippen LogP contribution is -2.52. The van der Waals surface area contributed by atoms with Gasteiger partial charge in [0.05, 0.1) is 13.0 Å². The van der Waals surface area contributed by atoms with Crippen LogP contribution in [0, 0.1) is 0 Å². The Morgan fingerprint density at radius 3 is 2.71 bits per heavy atom. The average molecular weight is 290 g/mol. The zero-order valence-electron chi connectivity index (χ0n) is 13.0. The Morgan fingerprint density at radius 1 is 1.38 bits per heavy atom. The van der Waals surface area contributed by atoms with Gasteiger partial charge in [0.2, 0.25) is 5.91 Å². The number of rotatable bonds is 5. The van der Waals surface area contributed by atoms with Crippen molar-refractivity contribution in [2.24, 2.45) is 5.73 Å². The van der Waals surface area contributed by atoms with Crippen LogP contribution >= 0.6 is 0 Å². The van der Waals surface area contributed by atoms with Crippen LogP contribution in [0.5, 0.6) is 5.75 Å². The summed E-state index contributed by atoms with van der Waals surface area (Å²) in [5.41, 5.74) is 7.06. The summed E-state index contributed by atoms with van der Waals surface area (Å²) in [6, 6.07) is 8.00. The molecular weight excluding hydrogens is 264 g/mol. The molecule has 2 unspecified atom stereocenters. The van der Waals surface area contributed by atoms with Crippen LogP contribution in [0.2, 0.25) is 0 Å². The van der Waals surface area contributed by atoms with Crippen molar-refractivity contribution in [2.75, 3.05) is 13.2 Å². The molecule has 2 rings (SSSR count). The Hall–Kier alpha value is -1.55. The molecule has 1 fully saturated rings. The fourth-order valence-electron chi connectivity index (χ4n) is 2.96. The fourth-order valence-corrected chi connectivity index (χ4v) is 2.96. The van der Waals surface area contributed by atoms with Crippen molar-refractivity contribution in [3.05, 3.63) is 29.8 Å². The zero-order chi connectivity index (χ0) is 15.2. The van der Waals surface area contributed by atoms with Crippen molar-refractivity contribution in [3.8, 4) is 5.75 Å². The van der Waals surface area contributed by atoms with Gasteiger partial charge in [0.15, 0.2) is 0 Å². The SMILES string of the molecule is CCOc1ccc(CC(=O)N2CCCCC2C(C)N)cc1. The number of ether oxygens (including phenoxy) is 1. The topological polar surface area (TPSA) is 55.6 Å². The predicted molar refractivity (Wildman–Crippen MR) is 84.3 cm³/mol. The number of hydrogen-bond acceptors (Lipinski definition) is 3. The van der Waals surface area contributed by atoms with E-state index in [2.05, 4.69) is 0 Å². The predicted octanol–water partition coefficient (Wildman–Crippen LogP) is 2.36. The van der Waals surface area contributed by atoms with E-state index in [-0.39, 0.29) is 18.0 Å². The molecule has 1 amide bonds. The molecular formula is C17H26N2O2. The number of nitrogens with zero attached hydrogens (tertiary/aromatic N) is 1. The van der Waals surface area contributed by atoms with E-state index in [1.165, 1.54) is 6.42 Å². The Labute approximate surface area is 127 Å². The number of piperidine rings is 1. The van der Waals surface area contributed by atoms with Gasteiger partial charge in [-0.2, -0.15) is 0 Å². The van der Waals surface area contributed by atoms with Crippen LogP contribution in [-0.4, -0.2) is 36.0 Å². The highest BCUT2D eigenvalue weighted by molar-refractivity contribution is 5.79. The first-order valence-corrected chi connectivity index (χ1v) is 7.88.